The molecule has 0 spiro atoms. The average molecular weight is 255 g/mol. The Kier molecular flexibility index (Phi) is 3.81. The number of amides is 1. The minimum absolute atomic E-state index is 0.0605. The third-order valence-electron chi connectivity index (χ3n) is 3.03. The van der Waals surface area contributed by atoms with E-state index in [0.717, 1.165) is 0 Å². The smallest absolute Gasteiger partial charge is 0.258 e. The van der Waals surface area contributed by atoms with Crippen LogP contribution in [0.1, 0.15) is 53.3 Å². The van der Waals surface area contributed by atoms with Crippen LogP contribution >= 0.6 is 0 Å². The molecule has 6 heteroatoms. The van der Waals surface area contributed by atoms with Crippen LogP contribution in [0, 0.1) is 5.92 Å². The van der Waals surface area contributed by atoms with Gasteiger partial charge in [0.05, 0.1) is 5.54 Å². The van der Waals surface area contributed by atoms with Crippen LogP contribution in [0.25, 0.3) is 0 Å². The van der Waals surface area contributed by atoms with Gasteiger partial charge in [-0.15, -0.1) is 0 Å². The topological polar surface area (TPSA) is 88.2 Å². The summed E-state index contributed by atoms with van der Waals surface area (Å²) in [5.41, 5.74) is -1.92. The first kappa shape index (κ1) is 14.6. The van der Waals surface area contributed by atoms with E-state index in [9.17, 15) is 9.90 Å². The van der Waals surface area contributed by atoms with Crippen LogP contribution in [0.3, 0.4) is 0 Å². The SMILES string of the molecule is CC(=O)NC(C)(C)c1noc([C@@](C)(O)C(C)C)n1. The molecule has 6 nitrogen and oxygen atoms in total. The van der Waals surface area contributed by atoms with Gasteiger partial charge in [-0.2, -0.15) is 4.98 Å². The van der Waals surface area contributed by atoms with E-state index in [1.165, 1.54) is 6.92 Å². The Hall–Kier alpha value is -1.43. The van der Waals surface area contributed by atoms with Crippen LogP contribution < -0.4 is 5.32 Å². The van der Waals surface area contributed by atoms with Crippen LogP contribution in [0.4, 0.5) is 0 Å². The summed E-state index contributed by atoms with van der Waals surface area (Å²) < 4.78 is 5.10. The number of hydrogen-bond acceptors (Lipinski definition) is 5. The number of hydrogen-bond donors (Lipinski definition) is 2. The van der Waals surface area contributed by atoms with Gasteiger partial charge in [0.25, 0.3) is 5.89 Å². The number of nitrogens with one attached hydrogen (secondary N) is 1. The van der Waals surface area contributed by atoms with Crippen molar-refractivity contribution in [2.75, 3.05) is 0 Å². The predicted octanol–water partition coefficient (Wildman–Crippen LogP) is 1.30. The molecule has 0 aliphatic rings. The molecule has 0 saturated heterocycles. The minimum Gasteiger partial charge on any atom is -0.380 e. The van der Waals surface area contributed by atoms with Crippen LogP contribution in [-0.2, 0) is 15.9 Å². The zero-order chi connectivity index (χ0) is 14.1. The Balaban J connectivity index is 3.03. The number of aromatic nitrogens is 2. The van der Waals surface area contributed by atoms with Gasteiger partial charge in [-0.25, -0.2) is 0 Å². The maximum Gasteiger partial charge on any atom is 0.258 e. The molecular formula is C12H21N3O3. The van der Waals surface area contributed by atoms with Crippen molar-refractivity contribution in [1.82, 2.24) is 15.5 Å². The summed E-state index contributed by atoms with van der Waals surface area (Å²) >= 11 is 0. The van der Waals surface area contributed by atoms with Gasteiger partial charge >= 0.3 is 0 Å². The van der Waals surface area contributed by atoms with Gasteiger partial charge in [-0.1, -0.05) is 19.0 Å². The second-order valence-corrected chi connectivity index (χ2v) is 5.53. The minimum atomic E-state index is -1.18. The van der Waals surface area contributed by atoms with Crippen molar-refractivity contribution >= 4 is 5.91 Å². The van der Waals surface area contributed by atoms with E-state index in [1.54, 1.807) is 20.8 Å². The molecule has 0 aliphatic carbocycles. The number of rotatable bonds is 4. The Labute approximate surface area is 107 Å². The third-order valence-corrected chi connectivity index (χ3v) is 3.03. The number of carbonyl (C=O) groups excluding carboxylic acids is 1. The van der Waals surface area contributed by atoms with Crippen molar-refractivity contribution < 1.29 is 14.4 Å². The second-order valence-electron chi connectivity index (χ2n) is 5.53. The Morgan fingerprint density at radius 2 is 1.94 bits per heavy atom. The van der Waals surface area contributed by atoms with Gasteiger partial charge in [0, 0.05) is 6.92 Å². The average Bonchev–Trinajstić information content (AvgIpc) is 2.64. The third kappa shape index (κ3) is 2.87. The quantitative estimate of drug-likeness (QED) is 0.846. The molecule has 0 saturated carbocycles. The zero-order valence-electron chi connectivity index (χ0n) is 11.7. The van der Waals surface area contributed by atoms with E-state index in [4.69, 9.17) is 4.52 Å². The first-order chi connectivity index (χ1) is 8.07. The molecule has 0 bridgehead atoms. The molecule has 0 radical (unpaired) electrons. The molecule has 0 aliphatic heterocycles. The van der Waals surface area contributed by atoms with Crippen molar-refractivity contribution in [3.63, 3.8) is 0 Å². The monoisotopic (exact) mass is 255 g/mol. The summed E-state index contributed by atoms with van der Waals surface area (Å²) in [6.45, 7) is 10.3. The predicted molar refractivity (Wildman–Crippen MR) is 65.5 cm³/mol. The van der Waals surface area contributed by atoms with Gasteiger partial charge in [0.2, 0.25) is 5.91 Å². The first-order valence-electron chi connectivity index (χ1n) is 5.93. The van der Waals surface area contributed by atoms with E-state index in [0.29, 0.717) is 5.82 Å². The fourth-order valence-corrected chi connectivity index (χ4v) is 1.43. The van der Waals surface area contributed by atoms with Crippen LogP contribution in [-0.4, -0.2) is 21.2 Å². The van der Waals surface area contributed by atoms with E-state index in [-0.39, 0.29) is 17.7 Å². The summed E-state index contributed by atoms with van der Waals surface area (Å²) in [4.78, 5) is 15.3. The normalized spacial score (nSPS) is 15.6. The fourth-order valence-electron chi connectivity index (χ4n) is 1.43. The summed E-state index contributed by atoms with van der Waals surface area (Å²) in [5.74, 6) is 0.260. The Morgan fingerprint density at radius 1 is 1.39 bits per heavy atom. The van der Waals surface area contributed by atoms with Crippen LogP contribution in [0.2, 0.25) is 0 Å². The van der Waals surface area contributed by atoms with Crippen molar-refractivity contribution in [3.05, 3.63) is 11.7 Å². The molecule has 1 aromatic heterocycles. The molecule has 0 fully saturated rings. The van der Waals surface area contributed by atoms with Gasteiger partial charge in [0.1, 0.15) is 5.60 Å². The standard InChI is InChI=1S/C12H21N3O3/c1-7(2)12(6,17)10-13-9(15-18-10)11(4,5)14-8(3)16/h7,17H,1-6H3,(H,14,16)/t12-/m0/s1. The summed E-state index contributed by atoms with van der Waals surface area (Å²) in [5, 5.41) is 16.8. The number of nitrogens with zero attached hydrogens (tertiary/aromatic N) is 2. The second kappa shape index (κ2) is 4.68. The van der Waals surface area contributed by atoms with Gasteiger partial charge < -0.3 is 14.9 Å². The van der Waals surface area contributed by atoms with E-state index in [2.05, 4.69) is 15.5 Å². The molecule has 0 unspecified atom stereocenters. The van der Waals surface area contributed by atoms with Gasteiger partial charge in [0.15, 0.2) is 5.82 Å². The van der Waals surface area contributed by atoms with E-state index < -0.39 is 11.1 Å². The lowest BCUT2D eigenvalue weighted by molar-refractivity contribution is -0.120. The molecule has 1 amide bonds. The first-order valence-corrected chi connectivity index (χ1v) is 5.93. The largest absolute Gasteiger partial charge is 0.380 e. The molecule has 0 aromatic carbocycles. The maximum absolute atomic E-state index is 11.1. The van der Waals surface area contributed by atoms with Gasteiger partial charge in [-0.3, -0.25) is 4.79 Å². The fraction of sp³-hybridized carbons (Fsp3) is 0.750. The molecule has 1 atom stereocenters. The van der Waals surface area contributed by atoms with E-state index in [1.807, 2.05) is 13.8 Å². The van der Waals surface area contributed by atoms with Crippen molar-refractivity contribution in [1.29, 1.82) is 0 Å². The van der Waals surface area contributed by atoms with Crippen LogP contribution in [0.15, 0.2) is 4.52 Å². The molecule has 1 heterocycles. The van der Waals surface area contributed by atoms with Crippen LogP contribution in [0.5, 0.6) is 0 Å². The van der Waals surface area contributed by atoms with E-state index >= 15 is 0 Å². The summed E-state index contributed by atoms with van der Waals surface area (Å²) in [7, 11) is 0. The summed E-state index contributed by atoms with van der Waals surface area (Å²) in [6, 6.07) is 0. The summed E-state index contributed by atoms with van der Waals surface area (Å²) in [6.07, 6.45) is 0. The highest BCUT2D eigenvalue weighted by atomic mass is 16.5. The Morgan fingerprint density at radius 3 is 2.39 bits per heavy atom. The molecular weight excluding hydrogens is 234 g/mol. The zero-order valence-corrected chi connectivity index (χ0v) is 11.7. The lowest BCUT2D eigenvalue weighted by Gasteiger charge is -2.23. The lowest BCUT2D eigenvalue weighted by atomic mass is 9.92. The lowest BCUT2D eigenvalue weighted by Crippen LogP contribution is -2.40. The highest BCUT2D eigenvalue weighted by molar-refractivity contribution is 5.73. The molecule has 1 aromatic rings. The number of aliphatic hydroxyl groups is 1. The molecule has 1 rings (SSSR count). The number of carbonyl (C=O) groups is 1. The molecule has 18 heavy (non-hydrogen) atoms. The molecule has 102 valence electrons. The van der Waals surface area contributed by atoms with Gasteiger partial charge in [-0.05, 0) is 26.7 Å². The molecule has 2 N–H and O–H groups in total. The Bertz CT molecular complexity index is 436. The highest BCUT2D eigenvalue weighted by Gasteiger charge is 2.36. The van der Waals surface area contributed by atoms with Crippen molar-refractivity contribution in [2.24, 2.45) is 5.92 Å². The van der Waals surface area contributed by atoms with Crippen molar-refractivity contribution in [3.8, 4) is 0 Å². The van der Waals surface area contributed by atoms with Crippen molar-refractivity contribution in [2.45, 2.75) is 52.7 Å². The maximum atomic E-state index is 11.1. The highest BCUT2D eigenvalue weighted by Crippen LogP contribution is 2.29.